The molecule has 0 unspecified atom stereocenters. The normalized spacial score (nSPS) is 10.8. The lowest BCUT2D eigenvalue weighted by atomic mass is 10.1. The molecular weight excluding hydrogens is 293 g/mol. The number of hydrogen-bond acceptors (Lipinski definition) is 3. The third-order valence-electron chi connectivity index (χ3n) is 3.73. The monoisotopic (exact) mass is 315 g/mol. The number of halogens is 1. The van der Waals surface area contributed by atoms with Crippen molar-refractivity contribution in [3.05, 3.63) is 65.2 Å². The van der Waals surface area contributed by atoms with Gasteiger partial charge in [0.2, 0.25) is 0 Å². The zero-order valence-electron chi connectivity index (χ0n) is 13.8. The molecule has 2 rings (SSSR count). The van der Waals surface area contributed by atoms with Crippen molar-refractivity contribution in [2.45, 2.75) is 13.5 Å². The molecule has 1 heterocycles. The van der Waals surface area contributed by atoms with E-state index in [-0.39, 0.29) is 11.5 Å². The molecule has 1 aromatic heterocycles. The number of aryl methyl sites for hydroxylation is 1. The van der Waals surface area contributed by atoms with Gasteiger partial charge in [-0.05, 0) is 38.2 Å². The van der Waals surface area contributed by atoms with E-state index in [0.29, 0.717) is 19.6 Å². The molecule has 0 bridgehead atoms. The summed E-state index contributed by atoms with van der Waals surface area (Å²) in [5.74, 6) is -0.896. The van der Waals surface area contributed by atoms with Gasteiger partial charge in [0.25, 0.3) is 5.91 Å². The number of hydrogen-bond donors (Lipinski definition) is 0. The molecule has 2 aromatic rings. The lowest BCUT2D eigenvalue weighted by Crippen LogP contribution is -2.36. The minimum absolute atomic E-state index is 0.0624. The molecular formula is C18H22FN3O. The number of nitrogens with zero attached hydrogens (tertiary/aromatic N) is 3. The van der Waals surface area contributed by atoms with Crippen LogP contribution in [-0.2, 0) is 6.54 Å². The molecule has 0 radical (unpaired) electrons. The second kappa shape index (κ2) is 7.83. The van der Waals surface area contributed by atoms with Gasteiger partial charge in [0.1, 0.15) is 0 Å². The Hall–Kier alpha value is -2.27. The number of carbonyl (C=O) groups is 1. The number of aromatic nitrogens is 1. The Morgan fingerprint density at radius 3 is 2.57 bits per heavy atom. The first-order chi connectivity index (χ1) is 11.0. The Kier molecular flexibility index (Phi) is 5.82. The van der Waals surface area contributed by atoms with E-state index in [1.807, 2.05) is 50.2 Å². The van der Waals surface area contributed by atoms with Gasteiger partial charge in [0.05, 0.1) is 11.8 Å². The van der Waals surface area contributed by atoms with Gasteiger partial charge >= 0.3 is 0 Å². The van der Waals surface area contributed by atoms with Crippen LogP contribution in [-0.4, -0.2) is 47.9 Å². The molecule has 0 spiro atoms. The van der Waals surface area contributed by atoms with E-state index >= 15 is 0 Å². The van der Waals surface area contributed by atoms with Crippen molar-refractivity contribution in [3.63, 3.8) is 0 Å². The molecule has 1 aromatic carbocycles. The summed E-state index contributed by atoms with van der Waals surface area (Å²) in [4.78, 5) is 20.1. The highest BCUT2D eigenvalue weighted by atomic mass is 19.1. The standard InChI is InChI=1S/C18H22FN3O/c1-14-6-4-5-7-15(14)13-22(11-10-21(2)3)18(23)16-8-9-20-12-17(16)19/h4-9,12H,10-11,13H2,1-3H3. The van der Waals surface area contributed by atoms with Gasteiger partial charge in [0.15, 0.2) is 5.82 Å². The van der Waals surface area contributed by atoms with Gasteiger partial charge in [-0.3, -0.25) is 9.78 Å². The SMILES string of the molecule is Cc1ccccc1CN(CCN(C)C)C(=O)c1ccncc1F. The molecule has 5 heteroatoms. The fourth-order valence-electron chi connectivity index (χ4n) is 2.29. The molecule has 0 aliphatic rings. The minimum Gasteiger partial charge on any atom is -0.333 e. The van der Waals surface area contributed by atoms with Crippen LogP contribution in [0.5, 0.6) is 0 Å². The smallest absolute Gasteiger partial charge is 0.257 e. The molecule has 4 nitrogen and oxygen atoms in total. The van der Waals surface area contributed by atoms with Crippen molar-refractivity contribution in [2.24, 2.45) is 0 Å². The summed E-state index contributed by atoms with van der Waals surface area (Å²) in [7, 11) is 3.90. The van der Waals surface area contributed by atoms with E-state index in [1.165, 1.54) is 12.3 Å². The topological polar surface area (TPSA) is 36.4 Å². The maximum Gasteiger partial charge on any atom is 0.257 e. The number of carbonyl (C=O) groups excluding carboxylic acids is 1. The van der Waals surface area contributed by atoms with Gasteiger partial charge < -0.3 is 9.80 Å². The van der Waals surface area contributed by atoms with Crippen LogP contribution < -0.4 is 0 Å². The van der Waals surface area contributed by atoms with Crippen LogP contribution in [0.4, 0.5) is 4.39 Å². The third kappa shape index (κ3) is 4.60. The molecule has 0 aliphatic heterocycles. The minimum atomic E-state index is -0.586. The van der Waals surface area contributed by atoms with Crippen molar-refractivity contribution in [2.75, 3.05) is 27.2 Å². The second-order valence-electron chi connectivity index (χ2n) is 5.81. The first kappa shape index (κ1) is 17.1. The Morgan fingerprint density at radius 1 is 1.17 bits per heavy atom. The number of pyridine rings is 1. The van der Waals surface area contributed by atoms with E-state index in [1.54, 1.807) is 4.90 Å². The van der Waals surface area contributed by atoms with Crippen molar-refractivity contribution in [1.82, 2.24) is 14.8 Å². The maximum absolute atomic E-state index is 13.9. The Labute approximate surface area is 136 Å². The fourth-order valence-corrected chi connectivity index (χ4v) is 2.29. The summed E-state index contributed by atoms with van der Waals surface area (Å²) in [6.45, 7) is 3.71. The summed E-state index contributed by atoms with van der Waals surface area (Å²) in [6, 6.07) is 9.35. The zero-order valence-corrected chi connectivity index (χ0v) is 13.8. The van der Waals surface area contributed by atoms with Gasteiger partial charge in [-0.1, -0.05) is 24.3 Å². The summed E-state index contributed by atoms with van der Waals surface area (Å²) < 4.78 is 13.9. The van der Waals surface area contributed by atoms with Crippen LogP contribution in [0.3, 0.4) is 0 Å². The van der Waals surface area contributed by atoms with Gasteiger partial charge in [0, 0.05) is 25.8 Å². The highest BCUT2D eigenvalue weighted by molar-refractivity contribution is 5.94. The van der Waals surface area contributed by atoms with Crippen LogP contribution >= 0.6 is 0 Å². The van der Waals surface area contributed by atoms with Gasteiger partial charge in [-0.2, -0.15) is 0 Å². The summed E-state index contributed by atoms with van der Waals surface area (Å²) in [5.41, 5.74) is 2.24. The Balaban J connectivity index is 2.25. The Morgan fingerprint density at radius 2 is 1.91 bits per heavy atom. The van der Waals surface area contributed by atoms with Crippen LogP contribution in [0.1, 0.15) is 21.5 Å². The average Bonchev–Trinajstić information content (AvgIpc) is 2.53. The van der Waals surface area contributed by atoms with Crippen LogP contribution in [0.2, 0.25) is 0 Å². The summed E-state index contributed by atoms with van der Waals surface area (Å²) in [5, 5.41) is 0. The third-order valence-corrected chi connectivity index (χ3v) is 3.73. The summed E-state index contributed by atoms with van der Waals surface area (Å²) >= 11 is 0. The quantitative estimate of drug-likeness (QED) is 0.822. The van der Waals surface area contributed by atoms with Gasteiger partial charge in [-0.25, -0.2) is 4.39 Å². The second-order valence-corrected chi connectivity index (χ2v) is 5.81. The number of amides is 1. The van der Waals surface area contributed by atoms with Crippen molar-refractivity contribution >= 4 is 5.91 Å². The molecule has 0 atom stereocenters. The van der Waals surface area contributed by atoms with Crippen LogP contribution in [0, 0.1) is 12.7 Å². The maximum atomic E-state index is 13.9. The van der Waals surface area contributed by atoms with Crippen molar-refractivity contribution in [3.8, 4) is 0 Å². The molecule has 0 saturated heterocycles. The van der Waals surface area contributed by atoms with E-state index in [0.717, 1.165) is 17.3 Å². The predicted octanol–water partition coefficient (Wildman–Crippen LogP) is 2.73. The van der Waals surface area contributed by atoms with Crippen LogP contribution in [0.25, 0.3) is 0 Å². The highest BCUT2D eigenvalue weighted by Crippen LogP contribution is 2.15. The zero-order chi connectivity index (χ0) is 16.8. The molecule has 23 heavy (non-hydrogen) atoms. The van der Waals surface area contributed by atoms with Crippen LogP contribution in [0.15, 0.2) is 42.7 Å². The highest BCUT2D eigenvalue weighted by Gasteiger charge is 2.20. The molecule has 0 saturated carbocycles. The number of benzene rings is 1. The Bertz CT molecular complexity index is 673. The largest absolute Gasteiger partial charge is 0.333 e. The predicted molar refractivity (Wildman–Crippen MR) is 88.7 cm³/mol. The molecule has 1 amide bonds. The number of likely N-dealkylation sites (N-methyl/N-ethyl adjacent to an activating group) is 1. The first-order valence-corrected chi connectivity index (χ1v) is 7.57. The fraction of sp³-hybridized carbons (Fsp3) is 0.333. The van der Waals surface area contributed by atoms with Crippen molar-refractivity contribution < 1.29 is 9.18 Å². The molecule has 122 valence electrons. The van der Waals surface area contributed by atoms with E-state index in [2.05, 4.69) is 4.98 Å². The number of rotatable bonds is 6. The first-order valence-electron chi connectivity index (χ1n) is 7.57. The lowest BCUT2D eigenvalue weighted by Gasteiger charge is -2.25. The summed E-state index contributed by atoms with van der Waals surface area (Å²) in [6.07, 6.45) is 2.51. The van der Waals surface area contributed by atoms with Gasteiger partial charge in [-0.15, -0.1) is 0 Å². The van der Waals surface area contributed by atoms with E-state index in [9.17, 15) is 9.18 Å². The average molecular weight is 315 g/mol. The molecule has 0 aliphatic carbocycles. The van der Waals surface area contributed by atoms with Crippen molar-refractivity contribution in [1.29, 1.82) is 0 Å². The van der Waals surface area contributed by atoms with E-state index in [4.69, 9.17) is 0 Å². The molecule has 0 N–H and O–H groups in total. The molecule has 0 fully saturated rings. The van der Waals surface area contributed by atoms with E-state index < -0.39 is 5.82 Å². The lowest BCUT2D eigenvalue weighted by molar-refractivity contribution is 0.0727.